The fraction of sp³-hybridized carbons (Fsp3) is 0.111. The Labute approximate surface area is 104 Å². The molecular weight excluding hydrogens is 296 g/mol. The number of aryl methyl sites for hydroxylation is 1. The minimum Gasteiger partial charge on any atom is -0.477 e. The molecule has 8 heteroatoms. The Morgan fingerprint density at radius 3 is 2.59 bits per heavy atom. The van der Waals surface area contributed by atoms with Crippen LogP contribution in [0.4, 0.5) is 11.4 Å². The highest BCUT2D eigenvalue weighted by Gasteiger charge is 2.24. The molecule has 0 aliphatic heterocycles. The molecule has 1 aromatic carbocycles. The number of rotatable bonds is 4. The van der Waals surface area contributed by atoms with Gasteiger partial charge in [0, 0.05) is 6.07 Å². The van der Waals surface area contributed by atoms with Crippen LogP contribution in [0, 0.1) is 17.0 Å². The summed E-state index contributed by atoms with van der Waals surface area (Å²) < 4.78 is 0.943. The van der Waals surface area contributed by atoms with Crippen molar-refractivity contribution < 1.29 is 19.6 Å². The van der Waals surface area contributed by atoms with E-state index in [1.54, 1.807) is 0 Å². The molecule has 0 atom stereocenters. The molecule has 0 saturated carbocycles. The first kappa shape index (κ1) is 13.1. The number of carbonyl (C=O) groups is 2. The number of halogens is 1. The molecule has 1 rings (SSSR count). The SMILES string of the molecule is Cc1cc(N(Br)C=O)cc([N+](=O)[O-])c1C(=O)O. The molecule has 1 aromatic rings. The van der Waals surface area contributed by atoms with Gasteiger partial charge < -0.3 is 5.11 Å². The number of hydrogen-bond acceptors (Lipinski definition) is 4. The van der Waals surface area contributed by atoms with Gasteiger partial charge in [0.25, 0.3) is 5.69 Å². The average Bonchev–Trinajstić information content (AvgIpc) is 2.26. The molecule has 0 aliphatic rings. The Balaban J connectivity index is 3.51. The number of aromatic carboxylic acids is 1. The summed E-state index contributed by atoms with van der Waals surface area (Å²) in [5, 5.41) is 19.6. The fourth-order valence-electron chi connectivity index (χ4n) is 1.36. The zero-order valence-electron chi connectivity index (χ0n) is 8.58. The maximum atomic E-state index is 10.9. The van der Waals surface area contributed by atoms with Gasteiger partial charge in [0.1, 0.15) is 5.56 Å². The molecule has 0 radical (unpaired) electrons. The molecule has 1 N–H and O–H groups in total. The summed E-state index contributed by atoms with van der Waals surface area (Å²) in [5.74, 6) is -1.38. The van der Waals surface area contributed by atoms with Crippen LogP contribution in [0.1, 0.15) is 15.9 Å². The van der Waals surface area contributed by atoms with E-state index in [-0.39, 0.29) is 16.8 Å². The lowest BCUT2D eigenvalue weighted by Crippen LogP contribution is -2.10. The van der Waals surface area contributed by atoms with E-state index in [0.29, 0.717) is 6.41 Å². The van der Waals surface area contributed by atoms with Gasteiger partial charge in [0.05, 0.1) is 26.8 Å². The highest BCUT2D eigenvalue weighted by atomic mass is 79.9. The van der Waals surface area contributed by atoms with Crippen molar-refractivity contribution in [3.63, 3.8) is 0 Å². The van der Waals surface area contributed by atoms with Crippen LogP contribution in [0.3, 0.4) is 0 Å². The quantitative estimate of drug-likeness (QED) is 0.396. The third-order valence-electron chi connectivity index (χ3n) is 2.05. The molecule has 0 spiro atoms. The number of hydrogen-bond donors (Lipinski definition) is 1. The molecule has 0 aliphatic carbocycles. The van der Waals surface area contributed by atoms with E-state index < -0.39 is 16.6 Å². The van der Waals surface area contributed by atoms with E-state index in [2.05, 4.69) is 16.1 Å². The van der Waals surface area contributed by atoms with E-state index in [1.807, 2.05) is 0 Å². The summed E-state index contributed by atoms with van der Waals surface area (Å²) in [6, 6.07) is 2.37. The van der Waals surface area contributed by atoms with Crippen molar-refractivity contribution in [3.05, 3.63) is 33.4 Å². The topological polar surface area (TPSA) is 101 Å². The van der Waals surface area contributed by atoms with Gasteiger partial charge >= 0.3 is 5.97 Å². The standard InChI is InChI=1S/C9H7BrN2O5/c1-5-2-6(11(10)4-13)3-7(12(16)17)8(5)9(14)15/h2-4H,1H3,(H,14,15). The van der Waals surface area contributed by atoms with Crippen molar-refractivity contribution in [2.75, 3.05) is 3.93 Å². The van der Waals surface area contributed by atoms with Gasteiger partial charge in [-0.1, -0.05) is 0 Å². The van der Waals surface area contributed by atoms with Gasteiger partial charge in [-0.25, -0.2) is 8.72 Å². The zero-order valence-corrected chi connectivity index (χ0v) is 10.2. The molecule has 7 nitrogen and oxygen atoms in total. The van der Waals surface area contributed by atoms with Gasteiger partial charge in [-0.2, -0.15) is 0 Å². The maximum absolute atomic E-state index is 10.9. The molecule has 17 heavy (non-hydrogen) atoms. The Hall–Kier alpha value is -1.96. The van der Waals surface area contributed by atoms with E-state index in [9.17, 15) is 19.7 Å². The Bertz CT molecular complexity index is 502. The molecule has 0 bridgehead atoms. The maximum Gasteiger partial charge on any atom is 0.343 e. The van der Waals surface area contributed by atoms with E-state index in [0.717, 1.165) is 9.99 Å². The Kier molecular flexibility index (Phi) is 3.79. The first-order chi connectivity index (χ1) is 7.88. The molecule has 0 fully saturated rings. The average molecular weight is 303 g/mol. The van der Waals surface area contributed by atoms with Crippen LogP contribution in [0.2, 0.25) is 0 Å². The molecule has 90 valence electrons. The predicted molar refractivity (Wildman–Crippen MR) is 62.3 cm³/mol. The molecular formula is C9H7BrN2O5. The number of nitro groups is 1. The lowest BCUT2D eigenvalue weighted by molar-refractivity contribution is -0.385. The van der Waals surface area contributed by atoms with Gasteiger partial charge in [-0.3, -0.25) is 14.9 Å². The van der Waals surface area contributed by atoms with Crippen LogP contribution in [-0.2, 0) is 4.79 Å². The van der Waals surface area contributed by atoms with Crippen LogP contribution in [0.25, 0.3) is 0 Å². The third kappa shape index (κ3) is 2.59. The lowest BCUT2D eigenvalue weighted by Gasteiger charge is -2.10. The number of carboxylic acids is 1. The normalized spacial score (nSPS) is 9.76. The van der Waals surface area contributed by atoms with Crippen molar-refractivity contribution in [2.24, 2.45) is 0 Å². The monoisotopic (exact) mass is 302 g/mol. The van der Waals surface area contributed by atoms with Gasteiger partial charge in [-0.15, -0.1) is 0 Å². The van der Waals surface area contributed by atoms with E-state index >= 15 is 0 Å². The Morgan fingerprint density at radius 1 is 1.59 bits per heavy atom. The number of carboxylic acid groups (broad SMARTS) is 1. The van der Waals surface area contributed by atoms with Crippen LogP contribution in [-0.4, -0.2) is 22.4 Å². The fourth-order valence-corrected chi connectivity index (χ4v) is 1.56. The number of anilines is 1. The van der Waals surface area contributed by atoms with Gasteiger partial charge in [-0.05, 0) is 18.6 Å². The highest BCUT2D eigenvalue weighted by molar-refractivity contribution is 9.10. The predicted octanol–water partition coefficient (Wildman–Crippen LogP) is 1.87. The summed E-state index contributed by atoms with van der Waals surface area (Å²) in [4.78, 5) is 31.4. The van der Waals surface area contributed by atoms with Crippen LogP contribution < -0.4 is 3.93 Å². The zero-order chi connectivity index (χ0) is 13.2. The minimum absolute atomic E-state index is 0.189. The smallest absolute Gasteiger partial charge is 0.343 e. The summed E-state index contributed by atoms with van der Waals surface area (Å²) in [6.45, 7) is 1.42. The lowest BCUT2D eigenvalue weighted by atomic mass is 10.1. The van der Waals surface area contributed by atoms with Crippen molar-refractivity contribution in [1.29, 1.82) is 0 Å². The summed E-state index contributed by atoms with van der Waals surface area (Å²) in [7, 11) is 0. The number of benzene rings is 1. The van der Waals surface area contributed by atoms with Crippen LogP contribution >= 0.6 is 16.1 Å². The number of nitrogens with zero attached hydrogens (tertiary/aromatic N) is 2. The second-order valence-corrected chi connectivity index (χ2v) is 3.90. The third-order valence-corrected chi connectivity index (χ3v) is 2.63. The van der Waals surface area contributed by atoms with E-state index in [4.69, 9.17) is 5.11 Å². The van der Waals surface area contributed by atoms with Crippen LogP contribution in [0.15, 0.2) is 12.1 Å². The molecule has 0 unspecified atom stereocenters. The van der Waals surface area contributed by atoms with E-state index in [1.165, 1.54) is 13.0 Å². The highest BCUT2D eigenvalue weighted by Crippen LogP contribution is 2.29. The second-order valence-electron chi connectivity index (χ2n) is 3.14. The second kappa shape index (κ2) is 4.91. The van der Waals surface area contributed by atoms with Gasteiger partial charge in [0.2, 0.25) is 6.41 Å². The minimum atomic E-state index is -1.38. The van der Waals surface area contributed by atoms with Crippen molar-refractivity contribution in [3.8, 4) is 0 Å². The Morgan fingerprint density at radius 2 is 2.18 bits per heavy atom. The first-order valence-electron chi connectivity index (χ1n) is 4.31. The first-order valence-corrected chi connectivity index (χ1v) is 5.02. The molecule has 0 heterocycles. The van der Waals surface area contributed by atoms with Crippen molar-refractivity contribution >= 4 is 39.9 Å². The number of amides is 1. The van der Waals surface area contributed by atoms with Crippen LogP contribution in [0.5, 0.6) is 0 Å². The molecule has 1 amide bonds. The summed E-state index contributed by atoms with van der Waals surface area (Å²) in [6.07, 6.45) is 0.402. The van der Waals surface area contributed by atoms with Crippen molar-refractivity contribution in [2.45, 2.75) is 6.92 Å². The summed E-state index contributed by atoms with van der Waals surface area (Å²) >= 11 is 2.86. The van der Waals surface area contributed by atoms with Crippen molar-refractivity contribution in [1.82, 2.24) is 0 Å². The molecule has 0 saturated heterocycles. The summed E-state index contributed by atoms with van der Waals surface area (Å²) in [5.41, 5.74) is -0.549. The number of nitro benzene ring substituents is 1. The largest absolute Gasteiger partial charge is 0.477 e. The molecule has 0 aromatic heterocycles. The van der Waals surface area contributed by atoms with Gasteiger partial charge in [0.15, 0.2) is 0 Å². The number of carbonyl (C=O) groups excluding carboxylic acids is 1.